The first kappa shape index (κ1) is 9.68. The Morgan fingerprint density at radius 3 is 2.58 bits per heavy atom. The molecule has 0 radical (unpaired) electrons. The number of rotatable bonds is 4. The van der Waals surface area contributed by atoms with Crippen molar-refractivity contribution in [3.8, 4) is 0 Å². The summed E-state index contributed by atoms with van der Waals surface area (Å²) in [6.45, 7) is 5.05. The van der Waals surface area contributed by atoms with Crippen molar-refractivity contribution in [1.29, 1.82) is 0 Å². The molecule has 0 aromatic rings. The van der Waals surface area contributed by atoms with Gasteiger partial charge in [0.05, 0.1) is 13.2 Å². The van der Waals surface area contributed by atoms with Crippen LogP contribution in [-0.2, 0) is 14.3 Å². The van der Waals surface area contributed by atoms with E-state index in [2.05, 4.69) is 6.92 Å². The molecular formula is C9H16O3. The van der Waals surface area contributed by atoms with Gasteiger partial charge in [0.25, 0.3) is 0 Å². The van der Waals surface area contributed by atoms with Crippen molar-refractivity contribution in [3.05, 3.63) is 0 Å². The van der Waals surface area contributed by atoms with Gasteiger partial charge in [-0.3, -0.25) is 0 Å². The Bertz CT molecular complexity index is 150. The van der Waals surface area contributed by atoms with Crippen LogP contribution in [0.4, 0.5) is 0 Å². The lowest BCUT2D eigenvalue weighted by Crippen LogP contribution is -2.19. The maximum atomic E-state index is 10.7. The Labute approximate surface area is 73.0 Å². The van der Waals surface area contributed by atoms with Gasteiger partial charge < -0.3 is 14.3 Å². The van der Waals surface area contributed by atoms with Crippen molar-refractivity contribution in [2.75, 3.05) is 13.2 Å². The number of Topliss-reactive ketones (excluding diaryl/α,β-unsaturated/α-hetero) is 1. The van der Waals surface area contributed by atoms with Crippen molar-refractivity contribution in [2.24, 2.45) is 5.92 Å². The van der Waals surface area contributed by atoms with Gasteiger partial charge in [-0.15, -0.1) is 0 Å². The number of ketones is 1. The van der Waals surface area contributed by atoms with Crippen LogP contribution < -0.4 is 0 Å². The van der Waals surface area contributed by atoms with Crippen LogP contribution in [0.25, 0.3) is 0 Å². The van der Waals surface area contributed by atoms with Crippen molar-refractivity contribution in [2.45, 2.75) is 33.0 Å². The molecule has 0 bridgehead atoms. The number of hydrogen-bond donors (Lipinski definition) is 0. The molecular weight excluding hydrogens is 156 g/mol. The molecule has 1 heterocycles. The van der Waals surface area contributed by atoms with Gasteiger partial charge in [-0.2, -0.15) is 0 Å². The molecule has 0 amide bonds. The SMILES string of the molecule is CC(=O)CCC(C)C1OCCO1. The van der Waals surface area contributed by atoms with Crippen molar-refractivity contribution < 1.29 is 14.3 Å². The molecule has 1 fully saturated rings. The average molecular weight is 172 g/mol. The van der Waals surface area contributed by atoms with E-state index in [-0.39, 0.29) is 12.1 Å². The highest BCUT2D eigenvalue weighted by atomic mass is 16.7. The minimum absolute atomic E-state index is 0.0793. The van der Waals surface area contributed by atoms with Gasteiger partial charge in [0.15, 0.2) is 6.29 Å². The molecule has 3 heteroatoms. The summed E-state index contributed by atoms with van der Waals surface area (Å²) >= 11 is 0. The fourth-order valence-corrected chi connectivity index (χ4v) is 1.27. The molecule has 1 rings (SSSR count). The normalized spacial score (nSPS) is 21.2. The largest absolute Gasteiger partial charge is 0.350 e. The second-order valence-electron chi connectivity index (χ2n) is 3.33. The summed E-state index contributed by atoms with van der Waals surface area (Å²) in [4.78, 5) is 10.7. The van der Waals surface area contributed by atoms with Gasteiger partial charge in [0.1, 0.15) is 5.78 Å². The number of ether oxygens (including phenoxy) is 2. The van der Waals surface area contributed by atoms with Crippen molar-refractivity contribution in [1.82, 2.24) is 0 Å². The van der Waals surface area contributed by atoms with Crippen LogP contribution >= 0.6 is 0 Å². The molecule has 1 aliphatic heterocycles. The number of carbonyl (C=O) groups excluding carboxylic acids is 1. The maximum Gasteiger partial charge on any atom is 0.160 e. The highest BCUT2D eigenvalue weighted by molar-refractivity contribution is 5.75. The molecule has 1 saturated heterocycles. The van der Waals surface area contributed by atoms with Gasteiger partial charge >= 0.3 is 0 Å². The molecule has 0 N–H and O–H groups in total. The van der Waals surface area contributed by atoms with Gasteiger partial charge in [0, 0.05) is 12.3 Å². The van der Waals surface area contributed by atoms with Crippen LogP contribution in [0.3, 0.4) is 0 Å². The third-order valence-corrected chi connectivity index (χ3v) is 2.06. The zero-order valence-corrected chi connectivity index (χ0v) is 7.71. The fourth-order valence-electron chi connectivity index (χ4n) is 1.27. The topological polar surface area (TPSA) is 35.5 Å². The summed E-state index contributed by atoms with van der Waals surface area (Å²) in [6, 6.07) is 0. The minimum atomic E-state index is -0.0793. The minimum Gasteiger partial charge on any atom is -0.350 e. The average Bonchev–Trinajstić information content (AvgIpc) is 2.51. The van der Waals surface area contributed by atoms with Crippen LogP contribution in [0.1, 0.15) is 26.7 Å². The molecule has 0 aliphatic carbocycles. The standard InChI is InChI=1S/C9H16O3/c1-7(3-4-8(2)10)9-11-5-6-12-9/h7,9H,3-6H2,1-2H3. The summed E-state index contributed by atoms with van der Waals surface area (Å²) in [5.74, 6) is 0.566. The van der Waals surface area contributed by atoms with Gasteiger partial charge in [0.2, 0.25) is 0 Å². The lowest BCUT2D eigenvalue weighted by Gasteiger charge is -2.16. The summed E-state index contributed by atoms with van der Waals surface area (Å²) in [5.41, 5.74) is 0. The van der Waals surface area contributed by atoms with Crippen molar-refractivity contribution in [3.63, 3.8) is 0 Å². The molecule has 1 atom stereocenters. The Morgan fingerprint density at radius 1 is 1.50 bits per heavy atom. The van der Waals surface area contributed by atoms with Gasteiger partial charge in [-0.05, 0) is 13.3 Å². The maximum absolute atomic E-state index is 10.7. The van der Waals surface area contributed by atoms with E-state index >= 15 is 0 Å². The van der Waals surface area contributed by atoms with Crippen LogP contribution in [0.5, 0.6) is 0 Å². The zero-order valence-electron chi connectivity index (χ0n) is 7.71. The quantitative estimate of drug-likeness (QED) is 0.642. The fraction of sp³-hybridized carbons (Fsp3) is 0.889. The number of carbonyl (C=O) groups is 1. The lowest BCUT2D eigenvalue weighted by atomic mass is 10.0. The van der Waals surface area contributed by atoms with Crippen LogP contribution in [0, 0.1) is 5.92 Å². The first-order chi connectivity index (χ1) is 5.70. The summed E-state index contributed by atoms with van der Waals surface area (Å²) in [7, 11) is 0. The molecule has 70 valence electrons. The van der Waals surface area contributed by atoms with E-state index in [1.54, 1.807) is 6.92 Å². The van der Waals surface area contributed by atoms with E-state index in [0.29, 0.717) is 25.6 Å². The second kappa shape index (κ2) is 4.58. The molecule has 3 nitrogen and oxygen atoms in total. The van der Waals surface area contributed by atoms with Crippen LogP contribution in [0.2, 0.25) is 0 Å². The zero-order chi connectivity index (χ0) is 8.97. The van der Waals surface area contributed by atoms with E-state index in [4.69, 9.17) is 9.47 Å². The summed E-state index contributed by atoms with van der Waals surface area (Å²) in [5, 5.41) is 0. The second-order valence-corrected chi connectivity index (χ2v) is 3.33. The Morgan fingerprint density at radius 2 is 2.08 bits per heavy atom. The molecule has 0 aromatic heterocycles. The molecule has 1 unspecified atom stereocenters. The lowest BCUT2D eigenvalue weighted by molar-refractivity contribution is -0.118. The molecule has 12 heavy (non-hydrogen) atoms. The van der Waals surface area contributed by atoms with E-state index < -0.39 is 0 Å². The molecule has 1 aliphatic rings. The van der Waals surface area contributed by atoms with Crippen LogP contribution in [-0.4, -0.2) is 25.3 Å². The highest BCUT2D eigenvalue weighted by Crippen LogP contribution is 2.18. The Balaban J connectivity index is 2.17. The predicted octanol–water partition coefficient (Wildman–Crippen LogP) is 1.36. The van der Waals surface area contributed by atoms with E-state index in [1.807, 2.05) is 0 Å². The first-order valence-electron chi connectivity index (χ1n) is 4.43. The van der Waals surface area contributed by atoms with E-state index in [0.717, 1.165) is 6.42 Å². The van der Waals surface area contributed by atoms with Crippen LogP contribution in [0.15, 0.2) is 0 Å². The van der Waals surface area contributed by atoms with E-state index in [1.165, 1.54) is 0 Å². The summed E-state index contributed by atoms with van der Waals surface area (Å²) < 4.78 is 10.6. The van der Waals surface area contributed by atoms with Gasteiger partial charge in [-0.1, -0.05) is 6.92 Å². The molecule has 0 saturated carbocycles. The van der Waals surface area contributed by atoms with Gasteiger partial charge in [-0.25, -0.2) is 0 Å². The third-order valence-electron chi connectivity index (χ3n) is 2.06. The Hall–Kier alpha value is -0.410. The predicted molar refractivity (Wildman–Crippen MR) is 44.8 cm³/mol. The van der Waals surface area contributed by atoms with E-state index in [9.17, 15) is 4.79 Å². The third kappa shape index (κ3) is 2.91. The first-order valence-corrected chi connectivity index (χ1v) is 4.43. The molecule has 0 spiro atoms. The Kier molecular flexibility index (Phi) is 3.69. The highest BCUT2D eigenvalue weighted by Gasteiger charge is 2.22. The molecule has 0 aromatic carbocycles. The monoisotopic (exact) mass is 172 g/mol. The number of hydrogen-bond acceptors (Lipinski definition) is 3. The van der Waals surface area contributed by atoms with Crippen molar-refractivity contribution >= 4 is 5.78 Å². The summed E-state index contributed by atoms with van der Waals surface area (Å²) in [6.07, 6.45) is 1.41. The smallest absolute Gasteiger partial charge is 0.160 e.